The summed E-state index contributed by atoms with van der Waals surface area (Å²) >= 11 is 0. The van der Waals surface area contributed by atoms with Crippen molar-refractivity contribution < 1.29 is 9.59 Å². The smallest absolute Gasteiger partial charge is 0.324 e. The molecular formula is C23H34N4O3. The summed E-state index contributed by atoms with van der Waals surface area (Å²) in [5.74, 6) is 0.279. The third-order valence-corrected chi connectivity index (χ3v) is 6.07. The standard InChI is InChI=1S/C23H34N4O3/c1-4-7-17(11-10-16(2)3)21(28)25-22(29)26-14-12-18(13-15-26)27-20-9-6-5-8-19(20)24-23(27)30/h5-6,8-9,16-18H,4,7,10-15H2,1-3H3,(H,24,30)(H,25,28,29)/t17-/m0/s1. The number of carbonyl (C=O) groups is 2. The number of piperidine rings is 1. The molecule has 7 heteroatoms. The number of hydrogen-bond acceptors (Lipinski definition) is 3. The Kier molecular flexibility index (Phi) is 7.34. The average molecular weight is 415 g/mol. The number of para-hydroxylation sites is 2. The molecule has 2 aromatic rings. The van der Waals surface area contributed by atoms with Crippen LogP contribution in [0.15, 0.2) is 29.1 Å². The molecule has 0 unspecified atom stereocenters. The number of amides is 3. The molecule has 1 aliphatic rings. The molecule has 0 saturated carbocycles. The molecule has 1 atom stereocenters. The fourth-order valence-electron chi connectivity index (χ4n) is 4.34. The molecule has 3 amide bonds. The number of nitrogens with one attached hydrogen (secondary N) is 2. The number of imide groups is 1. The van der Waals surface area contributed by atoms with E-state index in [2.05, 4.69) is 31.1 Å². The molecule has 1 aromatic heterocycles. The van der Waals surface area contributed by atoms with Crippen molar-refractivity contribution in [3.63, 3.8) is 0 Å². The van der Waals surface area contributed by atoms with Gasteiger partial charge in [-0.3, -0.25) is 14.7 Å². The van der Waals surface area contributed by atoms with Gasteiger partial charge in [-0.1, -0.05) is 45.7 Å². The van der Waals surface area contributed by atoms with Crippen molar-refractivity contribution in [3.8, 4) is 0 Å². The topological polar surface area (TPSA) is 87.2 Å². The van der Waals surface area contributed by atoms with Crippen molar-refractivity contribution >= 4 is 23.0 Å². The maximum Gasteiger partial charge on any atom is 0.326 e. The molecule has 3 rings (SSSR count). The summed E-state index contributed by atoms with van der Waals surface area (Å²) in [5.41, 5.74) is 1.62. The summed E-state index contributed by atoms with van der Waals surface area (Å²) in [5, 5.41) is 2.62. The molecule has 0 radical (unpaired) electrons. The third kappa shape index (κ3) is 5.12. The van der Waals surface area contributed by atoms with Crippen LogP contribution >= 0.6 is 0 Å². The second kappa shape index (κ2) is 9.96. The maximum absolute atomic E-state index is 12.6. The molecule has 30 heavy (non-hydrogen) atoms. The van der Waals surface area contributed by atoms with Crippen molar-refractivity contribution in [3.05, 3.63) is 34.7 Å². The SMILES string of the molecule is CCC[C@@H](CCC(C)C)C(=O)NC(=O)N1CCC(n2c(=O)[nH]c3ccccc32)CC1. The lowest BCUT2D eigenvalue weighted by Crippen LogP contribution is -2.48. The van der Waals surface area contributed by atoms with Crippen LogP contribution in [-0.2, 0) is 4.79 Å². The van der Waals surface area contributed by atoms with Crippen LogP contribution in [0, 0.1) is 11.8 Å². The van der Waals surface area contributed by atoms with Gasteiger partial charge in [0.05, 0.1) is 11.0 Å². The van der Waals surface area contributed by atoms with E-state index in [1.165, 1.54) is 0 Å². The van der Waals surface area contributed by atoms with Crippen molar-refractivity contribution in [2.45, 2.75) is 65.3 Å². The third-order valence-electron chi connectivity index (χ3n) is 6.07. The van der Waals surface area contributed by atoms with E-state index in [1.807, 2.05) is 24.3 Å². The Morgan fingerprint density at radius 3 is 2.50 bits per heavy atom. The number of aromatic nitrogens is 2. The molecule has 0 spiro atoms. The Morgan fingerprint density at radius 2 is 1.83 bits per heavy atom. The number of likely N-dealkylation sites (tertiary alicyclic amines) is 1. The van der Waals surface area contributed by atoms with E-state index in [9.17, 15) is 14.4 Å². The van der Waals surface area contributed by atoms with Gasteiger partial charge in [-0.25, -0.2) is 9.59 Å². The van der Waals surface area contributed by atoms with Crippen LogP contribution in [0.5, 0.6) is 0 Å². The van der Waals surface area contributed by atoms with Crippen LogP contribution < -0.4 is 11.0 Å². The van der Waals surface area contributed by atoms with Gasteiger partial charge in [0.2, 0.25) is 5.91 Å². The Hall–Kier alpha value is -2.57. The number of H-pyrrole nitrogens is 1. The molecule has 1 aliphatic heterocycles. The minimum atomic E-state index is -0.310. The number of benzene rings is 1. The summed E-state index contributed by atoms with van der Waals surface area (Å²) in [4.78, 5) is 42.3. The number of aromatic amines is 1. The lowest BCUT2D eigenvalue weighted by molar-refractivity contribution is -0.124. The number of rotatable bonds is 7. The largest absolute Gasteiger partial charge is 0.326 e. The molecular weight excluding hydrogens is 380 g/mol. The van der Waals surface area contributed by atoms with Crippen molar-refractivity contribution in [2.24, 2.45) is 11.8 Å². The second-order valence-electron chi connectivity index (χ2n) is 8.79. The molecule has 2 N–H and O–H groups in total. The van der Waals surface area contributed by atoms with Gasteiger partial charge >= 0.3 is 11.7 Å². The minimum absolute atomic E-state index is 0.0484. The molecule has 1 saturated heterocycles. The summed E-state index contributed by atoms with van der Waals surface area (Å²) < 4.78 is 1.80. The first kappa shape index (κ1) is 22.1. The van der Waals surface area contributed by atoms with Crippen LogP contribution in [0.1, 0.15) is 65.3 Å². The van der Waals surface area contributed by atoms with Crippen LogP contribution in [0.2, 0.25) is 0 Å². The minimum Gasteiger partial charge on any atom is -0.324 e. The van der Waals surface area contributed by atoms with Gasteiger partial charge in [-0.15, -0.1) is 0 Å². The summed E-state index contributed by atoms with van der Waals surface area (Å²) in [6.07, 6.45) is 4.91. The fraction of sp³-hybridized carbons (Fsp3) is 0.609. The van der Waals surface area contributed by atoms with E-state index in [1.54, 1.807) is 9.47 Å². The number of carbonyl (C=O) groups excluding carboxylic acids is 2. The van der Waals surface area contributed by atoms with Gasteiger partial charge < -0.3 is 9.88 Å². The molecule has 1 fully saturated rings. The monoisotopic (exact) mass is 414 g/mol. The maximum atomic E-state index is 12.6. The van der Waals surface area contributed by atoms with Crippen molar-refractivity contribution in [1.82, 2.24) is 19.8 Å². The quantitative estimate of drug-likeness (QED) is 0.716. The first-order valence-corrected chi connectivity index (χ1v) is 11.2. The molecule has 0 bridgehead atoms. The molecule has 7 nitrogen and oxygen atoms in total. The summed E-state index contributed by atoms with van der Waals surface area (Å²) in [6.45, 7) is 7.42. The van der Waals surface area contributed by atoms with E-state index in [0.717, 1.165) is 36.7 Å². The van der Waals surface area contributed by atoms with Gasteiger partial charge in [0.25, 0.3) is 0 Å². The zero-order valence-corrected chi connectivity index (χ0v) is 18.3. The Labute approximate surface area is 177 Å². The van der Waals surface area contributed by atoms with Crippen LogP contribution in [0.25, 0.3) is 11.0 Å². The van der Waals surface area contributed by atoms with Crippen molar-refractivity contribution in [1.29, 1.82) is 0 Å². The van der Waals surface area contributed by atoms with E-state index >= 15 is 0 Å². The highest BCUT2D eigenvalue weighted by Crippen LogP contribution is 2.25. The van der Waals surface area contributed by atoms with Gasteiger partial charge in [0, 0.05) is 25.0 Å². The number of imidazole rings is 1. The lowest BCUT2D eigenvalue weighted by Gasteiger charge is -2.32. The predicted molar refractivity (Wildman–Crippen MR) is 118 cm³/mol. The Bertz CT molecular complexity index is 922. The highest BCUT2D eigenvalue weighted by atomic mass is 16.2. The first-order chi connectivity index (χ1) is 14.4. The normalized spacial score (nSPS) is 16.2. The zero-order valence-electron chi connectivity index (χ0n) is 18.3. The first-order valence-electron chi connectivity index (χ1n) is 11.2. The highest BCUT2D eigenvalue weighted by molar-refractivity contribution is 5.95. The highest BCUT2D eigenvalue weighted by Gasteiger charge is 2.28. The fourth-order valence-corrected chi connectivity index (χ4v) is 4.34. The molecule has 2 heterocycles. The lowest BCUT2D eigenvalue weighted by atomic mass is 9.93. The Balaban J connectivity index is 1.57. The van der Waals surface area contributed by atoms with Gasteiger partial charge in [-0.05, 0) is 43.7 Å². The summed E-state index contributed by atoms with van der Waals surface area (Å²) in [7, 11) is 0. The summed E-state index contributed by atoms with van der Waals surface area (Å²) in [6, 6.07) is 7.40. The second-order valence-corrected chi connectivity index (χ2v) is 8.79. The number of urea groups is 1. The van der Waals surface area contributed by atoms with Gasteiger partial charge in [0.1, 0.15) is 0 Å². The van der Waals surface area contributed by atoms with Crippen LogP contribution in [0.4, 0.5) is 4.79 Å². The average Bonchev–Trinajstić information content (AvgIpc) is 3.06. The van der Waals surface area contributed by atoms with Gasteiger partial charge in [-0.2, -0.15) is 0 Å². The van der Waals surface area contributed by atoms with E-state index in [0.29, 0.717) is 31.8 Å². The molecule has 164 valence electrons. The molecule has 1 aromatic carbocycles. The number of fused-ring (bicyclic) bond motifs is 1. The van der Waals surface area contributed by atoms with Gasteiger partial charge in [0.15, 0.2) is 0 Å². The number of nitrogens with zero attached hydrogens (tertiary/aromatic N) is 2. The van der Waals surface area contributed by atoms with E-state index in [4.69, 9.17) is 0 Å². The van der Waals surface area contributed by atoms with E-state index in [-0.39, 0.29) is 29.6 Å². The van der Waals surface area contributed by atoms with Crippen LogP contribution in [0.3, 0.4) is 0 Å². The van der Waals surface area contributed by atoms with Crippen molar-refractivity contribution in [2.75, 3.05) is 13.1 Å². The zero-order chi connectivity index (χ0) is 21.7. The molecule has 0 aliphatic carbocycles. The van der Waals surface area contributed by atoms with E-state index < -0.39 is 0 Å². The number of hydrogen-bond donors (Lipinski definition) is 2. The van der Waals surface area contributed by atoms with Crippen LogP contribution in [-0.4, -0.2) is 39.5 Å². The predicted octanol–water partition coefficient (Wildman–Crippen LogP) is 4.06. The Morgan fingerprint density at radius 1 is 1.13 bits per heavy atom.